The van der Waals surface area contributed by atoms with Crippen molar-refractivity contribution in [2.45, 2.75) is 25.8 Å². The molecule has 0 aliphatic heterocycles. The lowest BCUT2D eigenvalue weighted by atomic mass is 10.1. The zero-order chi connectivity index (χ0) is 12.8. The Kier molecular flexibility index (Phi) is 5.65. The number of methoxy groups -OCH3 is 1. The van der Waals surface area contributed by atoms with Crippen LogP contribution in [0.15, 0.2) is 18.2 Å². The molecule has 1 unspecified atom stereocenters. The molecule has 0 aliphatic carbocycles. The van der Waals surface area contributed by atoms with Crippen LogP contribution in [0.5, 0.6) is 5.75 Å². The number of hydrogen-bond donors (Lipinski definition) is 1. The van der Waals surface area contributed by atoms with E-state index in [2.05, 4.69) is 5.32 Å². The van der Waals surface area contributed by atoms with E-state index in [0.29, 0.717) is 22.9 Å². The lowest BCUT2D eigenvalue weighted by Gasteiger charge is -2.20. The molecule has 96 valence electrons. The molecular formula is C12H16ClF2NO. The molecule has 1 atom stereocenters. The van der Waals surface area contributed by atoms with E-state index in [4.69, 9.17) is 16.3 Å². The largest absolute Gasteiger partial charge is 0.496 e. The SMILES string of the molecule is CCCNC(c1cc(Cl)ccc1OC)C(F)F. The van der Waals surface area contributed by atoms with Gasteiger partial charge in [-0.2, -0.15) is 0 Å². The van der Waals surface area contributed by atoms with E-state index in [1.54, 1.807) is 12.1 Å². The summed E-state index contributed by atoms with van der Waals surface area (Å²) in [6.45, 7) is 2.44. The molecule has 1 aromatic rings. The predicted molar refractivity (Wildman–Crippen MR) is 65.0 cm³/mol. The maximum absolute atomic E-state index is 13.0. The molecule has 0 aromatic heterocycles. The van der Waals surface area contributed by atoms with Gasteiger partial charge in [0, 0.05) is 10.6 Å². The van der Waals surface area contributed by atoms with Crippen molar-refractivity contribution in [3.05, 3.63) is 28.8 Å². The molecule has 0 heterocycles. The quantitative estimate of drug-likeness (QED) is 0.846. The van der Waals surface area contributed by atoms with E-state index >= 15 is 0 Å². The van der Waals surface area contributed by atoms with Crippen LogP contribution in [-0.4, -0.2) is 20.1 Å². The summed E-state index contributed by atoms with van der Waals surface area (Å²) in [6.07, 6.45) is -1.72. The first-order valence-corrected chi connectivity index (χ1v) is 5.83. The van der Waals surface area contributed by atoms with Crippen molar-refractivity contribution >= 4 is 11.6 Å². The molecule has 0 aliphatic rings. The molecule has 1 N–H and O–H groups in total. The van der Waals surface area contributed by atoms with Crippen molar-refractivity contribution in [2.75, 3.05) is 13.7 Å². The zero-order valence-electron chi connectivity index (χ0n) is 9.84. The van der Waals surface area contributed by atoms with Crippen LogP contribution in [0, 0.1) is 0 Å². The molecule has 0 saturated carbocycles. The highest BCUT2D eigenvalue weighted by molar-refractivity contribution is 6.30. The summed E-state index contributed by atoms with van der Waals surface area (Å²) in [5.74, 6) is 0.420. The number of benzene rings is 1. The van der Waals surface area contributed by atoms with E-state index in [-0.39, 0.29) is 0 Å². The average Bonchev–Trinajstić information content (AvgIpc) is 2.29. The van der Waals surface area contributed by atoms with E-state index in [9.17, 15) is 8.78 Å². The maximum Gasteiger partial charge on any atom is 0.257 e. The number of ether oxygens (including phenoxy) is 1. The molecule has 1 aromatic carbocycles. The highest BCUT2D eigenvalue weighted by Crippen LogP contribution is 2.31. The van der Waals surface area contributed by atoms with Gasteiger partial charge in [0.2, 0.25) is 0 Å². The average molecular weight is 264 g/mol. The van der Waals surface area contributed by atoms with Gasteiger partial charge in [0.05, 0.1) is 13.2 Å². The lowest BCUT2D eigenvalue weighted by molar-refractivity contribution is 0.0972. The van der Waals surface area contributed by atoms with Gasteiger partial charge in [-0.1, -0.05) is 18.5 Å². The third-order valence-corrected chi connectivity index (χ3v) is 2.63. The Morgan fingerprint density at radius 2 is 2.12 bits per heavy atom. The van der Waals surface area contributed by atoms with Crippen molar-refractivity contribution in [2.24, 2.45) is 0 Å². The summed E-state index contributed by atoms with van der Waals surface area (Å²) in [4.78, 5) is 0. The normalized spacial score (nSPS) is 12.8. The Hall–Kier alpha value is -0.870. The van der Waals surface area contributed by atoms with Crippen molar-refractivity contribution in [3.63, 3.8) is 0 Å². The van der Waals surface area contributed by atoms with E-state index < -0.39 is 12.5 Å². The van der Waals surface area contributed by atoms with Crippen molar-refractivity contribution in [1.82, 2.24) is 5.32 Å². The van der Waals surface area contributed by atoms with Crippen LogP contribution in [0.1, 0.15) is 24.9 Å². The highest BCUT2D eigenvalue weighted by atomic mass is 35.5. The minimum Gasteiger partial charge on any atom is -0.496 e. The first kappa shape index (κ1) is 14.2. The summed E-state index contributed by atoms with van der Waals surface area (Å²) in [5.41, 5.74) is 0.392. The molecule has 5 heteroatoms. The number of halogens is 3. The van der Waals surface area contributed by atoms with Gasteiger partial charge in [-0.3, -0.25) is 0 Å². The molecular weight excluding hydrogens is 248 g/mol. The fraction of sp³-hybridized carbons (Fsp3) is 0.500. The maximum atomic E-state index is 13.0. The van der Waals surface area contributed by atoms with Gasteiger partial charge >= 0.3 is 0 Å². The summed E-state index contributed by atoms with van der Waals surface area (Å²) in [5, 5.41) is 3.22. The molecule has 17 heavy (non-hydrogen) atoms. The van der Waals surface area contributed by atoms with Gasteiger partial charge in [0.25, 0.3) is 6.43 Å². The third-order valence-electron chi connectivity index (χ3n) is 2.39. The van der Waals surface area contributed by atoms with Crippen molar-refractivity contribution in [1.29, 1.82) is 0 Å². The molecule has 2 nitrogen and oxygen atoms in total. The Morgan fingerprint density at radius 1 is 1.41 bits per heavy atom. The second-order valence-corrected chi connectivity index (χ2v) is 4.09. The summed E-state index contributed by atoms with van der Waals surface area (Å²) >= 11 is 5.83. The smallest absolute Gasteiger partial charge is 0.257 e. The van der Waals surface area contributed by atoms with Crippen LogP contribution < -0.4 is 10.1 Å². The zero-order valence-corrected chi connectivity index (χ0v) is 10.6. The summed E-state index contributed by atoms with van der Waals surface area (Å²) < 4.78 is 31.1. The number of hydrogen-bond acceptors (Lipinski definition) is 2. The molecule has 0 bridgehead atoms. The van der Waals surface area contributed by atoms with E-state index in [0.717, 1.165) is 6.42 Å². The molecule has 0 fully saturated rings. The van der Waals surface area contributed by atoms with Gasteiger partial charge in [-0.05, 0) is 31.2 Å². The monoisotopic (exact) mass is 263 g/mol. The Balaban J connectivity index is 3.02. The van der Waals surface area contributed by atoms with Crippen LogP contribution in [0.2, 0.25) is 5.02 Å². The van der Waals surface area contributed by atoms with Gasteiger partial charge in [0.15, 0.2) is 0 Å². The predicted octanol–water partition coefficient (Wildman–Crippen LogP) is 3.65. The molecule has 1 rings (SSSR count). The van der Waals surface area contributed by atoms with Gasteiger partial charge in [0.1, 0.15) is 5.75 Å². The van der Waals surface area contributed by atoms with Gasteiger partial charge < -0.3 is 10.1 Å². The van der Waals surface area contributed by atoms with Gasteiger partial charge in [-0.25, -0.2) is 8.78 Å². The molecule has 0 radical (unpaired) electrons. The van der Waals surface area contributed by atoms with Crippen LogP contribution in [0.3, 0.4) is 0 Å². The first-order chi connectivity index (χ1) is 8.10. The van der Waals surface area contributed by atoms with E-state index in [1.165, 1.54) is 13.2 Å². The van der Waals surface area contributed by atoms with Crippen molar-refractivity contribution in [3.8, 4) is 5.75 Å². The number of rotatable bonds is 6. The summed E-state index contributed by atoms with van der Waals surface area (Å²) in [6, 6.07) is 3.68. The molecule has 0 spiro atoms. The minimum atomic E-state index is -2.51. The highest BCUT2D eigenvalue weighted by Gasteiger charge is 2.24. The topological polar surface area (TPSA) is 21.3 Å². The van der Waals surface area contributed by atoms with Crippen molar-refractivity contribution < 1.29 is 13.5 Å². The van der Waals surface area contributed by atoms with Crippen LogP contribution >= 0.6 is 11.6 Å². The first-order valence-electron chi connectivity index (χ1n) is 5.45. The minimum absolute atomic E-state index is 0.392. The summed E-state index contributed by atoms with van der Waals surface area (Å²) in [7, 11) is 1.45. The number of alkyl halides is 2. The lowest BCUT2D eigenvalue weighted by Crippen LogP contribution is -2.28. The Morgan fingerprint density at radius 3 is 2.65 bits per heavy atom. The molecule has 0 saturated heterocycles. The van der Waals surface area contributed by atoms with Gasteiger partial charge in [-0.15, -0.1) is 0 Å². The fourth-order valence-electron chi connectivity index (χ4n) is 1.58. The van der Waals surface area contributed by atoms with Crippen LogP contribution in [0.25, 0.3) is 0 Å². The third kappa shape index (κ3) is 3.82. The Bertz CT molecular complexity index is 360. The second kappa shape index (κ2) is 6.77. The molecule has 0 amide bonds. The number of nitrogens with one attached hydrogen (secondary N) is 1. The Labute approximate surface area is 105 Å². The van der Waals surface area contributed by atoms with E-state index in [1.807, 2.05) is 6.92 Å². The van der Waals surface area contributed by atoms with Crippen LogP contribution in [-0.2, 0) is 0 Å². The standard InChI is InChI=1S/C12H16ClF2NO/c1-3-6-16-11(12(14)15)9-7-8(13)4-5-10(9)17-2/h4-5,7,11-12,16H,3,6H2,1-2H3. The second-order valence-electron chi connectivity index (χ2n) is 3.65. The fourth-order valence-corrected chi connectivity index (χ4v) is 1.76. The van der Waals surface area contributed by atoms with Crippen LogP contribution in [0.4, 0.5) is 8.78 Å².